The molecule has 0 fully saturated rings. The quantitative estimate of drug-likeness (QED) is 0.576. The Hall–Kier alpha value is -0.340. The largest absolute Gasteiger partial charge is 0.396 e. The van der Waals surface area contributed by atoms with Gasteiger partial charge in [0.15, 0.2) is 0 Å². The van der Waals surface area contributed by atoms with Crippen LogP contribution in [0, 0.1) is 12.3 Å². The molecule has 10 heavy (non-hydrogen) atoms. The van der Waals surface area contributed by atoms with E-state index in [1.165, 1.54) is 0 Å². The van der Waals surface area contributed by atoms with Crippen LogP contribution in [0.1, 0.15) is 12.8 Å². The minimum absolute atomic E-state index is 0.176. The van der Waals surface area contributed by atoms with Crippen LogP contribution >= 0.6 is 0 Å². The molecule has 2 heteroatoms. The first kappa shape index (κ1) is 9.66. The highest BCUT2D eigenvalue weighted by Gasteiger charge is 2.04. The molecule has 0 spiro atoms. The summed E-state index contributed by atoms with van der Waals surface area (Å²) in [7, 11) is 0. The molecule has 0 amide bonds. The molecule has 0 aromatic carbocycles. The van der Waals surface area contributed by atoms with Crippen molar-refractivity contribution in [2.75, 3.05) is 13.2 Å². The zero-order valence-electron chi connectivity index (χ0n) is 6.16. The van der Waals surface area contributed by atoms with Crippen molar-refractivity contribution in [3.63, 3.8) is 0 Å². The lowest BCUT2D eigenvalue weighted by atomic mass is 9.99. The molecule has 0 saturated carbocycles. The Bertz CT molecular complexity index is 75.3. The van der Waals surface area contributed by atoms with Crippen LogP contribution in [0.2, 0.25) is 0 Å². The SMILES string of the molecule is C=C[CH]C(CCO)CCO. The van der Waals surface area contributed by atoms with Crippen LogP contribution in [0.4, 0.5) is 0 Å². The minimum atomic E-state index is 0.176. The number of aliphatic hydroxyl groups excluding tert-OH is 2. The van der Waals surface area contributed by atoms with Crippen LogP contribution in [-0.2, 0) is 0 Å². The third-order valence-electron chi connectivity index (χ3n) is 1.41. The van der Waals surface area contributed by atoms with Gasteiger partial charge in [-0.15, -0.1) is 6.58 Å². The predicted molar refractivity (Wildman–Crippen MR) is 41.4 cm³/mol. The van der Waals surface area contributed by atoms with Gasteiger partial charge < -0.3 is 10.2 Å². The lowest BCUT2D eigenvalue weighted by molar-refractivity contribution is 0.229. The highest BCUT2D eigenvalue weighted by Crippen LogP contribution is 2.11. The Labute approximate surface area is 62.2 Å². The summed E-state index contributed by atoms with van der Waals surface area (Å²) >= 11 is 0. The molecule has 59 valence electrons. The van der Waals surface area contributed by atoms with E-state index in [9.17, 15) is 0 Å². The van der Waals surface area contributed by atoms with Crippen molar-refractivity contribution in [2.24, 2.45) is 5.92 Å². The molecule has 0 aromatic heterocycles. The van der Waals surface area contributed by atoms with E-state index in [1.54, 1.807) is 6.08 Å². The molecule has 0 aliphatic rings. The maximum atomic E-state index is 8.55. The molecule has 0 aliphatic carbocycles. The van der Waals surface area contributed by atoms with E-state index >= 15 is 0 Å². The second kappa shape index (κ2) is 6.78. The van der Waals surface area contributed by atoms with Crippen LogP contribution in [0.5, 0.6) is 0 Å². The first-order chi connectivity index (χ1) is 4.85. The molecular weight excluding hydrogens is 128 g/mol. The summed E-state index contributed by atoms with van der Waals surface area (Å²) in [6, 6.07) is 0. The molecule has 0 aromatic rings. The van der Waals surface area contributed by atoms with Crippen molar-refractivity contribution < 1.29 is 10.2 Å². The molecule has 0 aliphatic heterocycles. The summed E-state index contributed by atoms with van der Waals surface area (Å²) in [5.74, 6) is 0.285. The molecule has 0 saturated heterocycles. The van der Waals surface area contributed by atoms with E-state index in [-0.39, 0.29) is 19.1 Å². The number of rotatable bonds is 6. The highest BCUT2D eigenvalue weighted by molar-refractivity contribution is 4.91. The van der Waals surface area contributed by atoms with E-state index in [4.69, 9.17) is 10.2 Å². The molecule has 0 rings (SSSR count). The van der Waals surface area contributed by atoms with Crippen molar-refractivity contribution in [3.8, 4) is 0 Å². The van der Waals surface area contributed by atoms with Gasteiger partial charge in [0.25, 0.3) is 0 Å². The van der Waals surface area contributed by atoms with E-state index in [0.717, 1.165) is 0 Å². The normalized spacial score (nSPS) is 10.3. The topological polar surface area (TPSA) is 40.5 Å². The smallest absolute Gasteiger partial charge is 0.0433 e. The maximum Gasteiger partial charge on any atom is 0.0433 e. The summed E-state index contributed by atoms with van der Waals surface area (Å²) in [5.41, 5.74) is 0. The number of hydrogen-bond donors (Lipinski definition) is 2. The van der Waals surface area contributed by atoms with Crippen LogP contribution in [-0.4, -0.2) is 23.4 Å². The Morgan fingerprint density at radius 1 is 1.20 bits per heavy atom. The van der Waals surface area contributed by atoms with Gasteiger partial charge in [-0.1, -0.05) is 6.08 Å². The Balaban J connectivity index is 3.38. The van der Waals surface area contributed by atoms with Gasteiger partial charge >= 0.3 is 0 Å². The fourth-order valence-corrected chi connectivity index (χ4v) is 0.861. The molecule has 1 radical (unpaired) electrons. The summed E-state index contributed by atoms with van der Waals surface area (Å²) in [4.78, 5) is 0. The van der Waals surface area contributed by atoms with E-state index in [0.29, 0.717) is 12.8 Å². The summed E-state index contributed by atoms with van der Waals surface area (Å²) < 4.78 is 0. The van der Waals surface area contributed by atoms with Crippen molar-refractivity contribution >= 4 is 0 Å². The van der Waals surface area contributed by atoms with Gasteiger partial charge in [-0.2, -0.15) is 0 Å². The van der Waals surface area contributed by atoms with Gasteiger partial charge in [0, 0.05) is 13.2 Å². The van der Waals surface area contributed by atoms with Crippen molar-refractivity contribution in [1.82, 2.24) is 0 Å². The fraction of sp³-hybridized carbons (Fsp3) is 0.625. The fourth-order valence-electron chi connectivity index (χ4n) is 0.861. The Morgan fingerprint density at radius 2 is 1.70 bits per heavy atom. The molecule has 0 bridgehead atoms. The lowest BCUT2D eigenvalue weighted by Gasteiger charge is -2.09. The molecular formula is C8H15O2. The van der Waals surface area contributed by atoms with Gasteiger partial charge in [-0.25, -0.2) is 0 Å². The summed E-state index contributed by atoms with van der Waals surface area (Å²) in [5, 5.41) is 17.1. The maximum absolute atomic E-state index is 8.55. The highest BCUT2D eigenvalue weighted by atomic mass is 16.3. The summed E-state index contributed by atoms with van der Waals surface area (Å²) in [6.45, 7) is 3.90. The standard InChI is InChI=1S/C8H15O2/c1-2-3-8(4-6-9)5-7-10/h2-3,8-10H,1,4-7H2. The number of aliphatic hydroxyl groups is 2. The van der Waals surface area contributed by atoms with Gasteiger partial charge in [-0.05, 0) is 25.2 Å². The van der Waals surface area contributed by atoms with Crippen molar-refractivity contribution in [2.45, 2.75) is 12.8 Å². The third-order valence-corrected chi connectivity index (χ3v) is 1.41. The van der Waals surface area contributed by atoms with Gasteiger partial charge in [-0.3, -0.25) is 0 Å². The van der Waals surface area contributed by atoms with E-state index in [1.807, 2.05) is 6.42 Å². The van der Waals surface area contributed by atoms with Crippen LogP contribution in [0.3, 0.4) is 0 Å². The van der Waals surface area contributed by atoms with Crippen LogP contribution in [0.25, 0.3) is 0 Å². The third kappa shape index (κ3) is 4.53. The number of allylic oxidation sites excluding steroid dienone is 1. The van der Waals surface area contributed by atoms with Crippen molar-refractivity contribution in [1.29, 1.82) is 0 Å². The molecule has 0 unspecified atom stereocenters. The summed E-state index contributed by atoms with van der Waals surface area (Å²) in [6.07, 6.45) is 5.04. The van der Waals surface area contributed by atoms with E-state index < -0.39 is 0 Å². The van der Waals surface area contributed by atoms with E-state index in [2.05, 4.69) is 6.58 Å². The first-order valence-electron chi connectivity index (χ1n) is 3.52. The molecule has 0 atom stereocenters. The number of hydrogen-bond acceptors (Lipinski definition) is 2. The second-order valence-electron chi connectivity index (χ2n) is 2.21. The Morgan fingerprint density at radius 3 is 2.00 bits per heavy atom. The molecule has 0 heterocycles. The zero-order chi connectivity index (χ0) is 7.82. The lowest BCUT2D eigenvalue weighted by Crippen LogP contribution is -2.04. The minimum Gasteiger partial charge on any atom is -0.396 e. The predicted octanol–water partition coefficient (Wildman–Crippen LogP) is 0.758. The Kier molecular flexibility index (Phi) is 6.55. The first-order valence-corrected chi connectivity index (χ1v) is 3.52. The van der Waals surface area contributed by atoms with Crippen LogP contribution < -0.4 is 0 Å². The average Bonchev–Trinajstić information content (AvgIpc) is 1.90. The van der Waals surface area contributed by atoms with Gasteiger partial charge in [0.05, 0.1) is 0 Å². The molecule has 2 N–H and O–H groups in total. The van der Waals surface area contributed by atoms with Gasteiger partial charge in [0.2, 0.25) is 0 Å². The zero-order valence-corrected chi connectivity index (χ0v) is 6.16. The average molecular weight is 143 g/mol. The van der Waals surface area contributed by atoms with Gasteiger partial charge in [0.1, 0.15) is 0 Å². The van der Waals surface area contributed by atoms with Crippen molar-refractivity contribution in [3.05, 3.63) is 19.1 Å². The monoisotopic (exact) mass is 143 g/mol. The second-order valence-corrected chi connectivity index (χ2v) is 2.21. The van der Waals surface area contributed by atoms with Crippen LogP contribution in [0.15, 0.2) is 12.7 Å². The molecule has 2 nitrogen and oxygen atoms in total.